The van der Waals surface area contributed by atoms with Crippen molar-refractivity contribution in [3.05, 3.63) is 99.1 Å². The maximum absolute atomic E-state index is 13.6. The third kappa shape index (κ3) is 7.19. The number of hydrogen-bond donors (Lipinski definition) is 3. The van der Waals surface area contributed by atoms with E-state index < -0.39 is 11.3 Å². The highest BCUT2D eigenvalue weighted by molar-refractivity contribution is 7.12. The summed E-state index contributed by atoms with van der Waals surface area (Å²) in [5, 5.41) is 7.74. The van der Waals surface area contributed by atoms with Gasteiger partial charge in [-0.05, 0) is 60.2 Å². The summed E-state index contributed by atoms with van der Waals surface area (Å²) in [4.78, 5) is 46.9. The number of carbonyl (C=O) groups excluding carboxylic acids is 3. The number of halogens is 1. The molecule has 1 aliphatic carbocycles. The Kier molecular flexibility index (Phi) is 9.05. The molecule has 3 amide bonds. The van der Waals surface area contributed by atoms with Crippen LogP contribution in [0.25, 0.3) is 0 Å². The first-order valence-corrected chi connectivity index (χ1v) is 15.3. The number of benzene rings is 2. The minimum Gasteiger partial charge on any atom is -0.394 e. The number of piperidine rings is 1. The van der Waals surface area contributed by atoms with Crippen LogP contribution in [0.1, 0.15) is 65.1 Å². The highest BCUT2D eigenvalue weighted by Gasteiger charge is 2.40. The summed E-state index contributed by atoms with van der Waals surface area (Å²) in [5.74, 6) is -1.22. The van der Waals surface area contributed by atoms with Crippen molar-refractivity contribution in [1.82, 2.24) is 10.2 Å². The number of nitrogens with one attached hydrogen (secondary N) is 2. The number of aliphatic imine (C=N–C) groups is 1. The number of carbonyl (C=O) groups is 3. The fourth-order valence-corrected chi connectivity index (χ4v) is 6.37. The Hall–Kier alpha value is -4.31. The first kappa shape index (κ1) is 30.2. The number of nitrogens with two attached hydrogens (primary N) is 1. The molecule has 2 aliphatic rings. The van der Waals surface area contributed by atoms with Gasteiger partial charge in [0.2, 0.25) is 0 Å². The van der Waals surface area contributed by atoms with E-state index in [1.165, 1.54) is 23.5 Å². The molecule has 1 aliphatic heterocycles. The summed E-state index contributed by atoms with van der Waals surface area (Å²) in [5.41, 5.74) is 8.61. The van der Waals surface area contributed by atoms with Crippen LogP contribution in [0.2, 0.25) is 0 Å². The van der Waals surface area contributed by atoms with Crippen molar-refractivity contribution < 1.29 is 18.8 Å². The average Bonchev–Trinajstić information content (AvgIpc) is 3.71. The van der Waals surface area contributed by atoms with E-state index in [1.807, 2.05) is 25.3 Å². The molecular formula is C33H36FN5O3S. The van der Waals surface area contributed by atoms with Gasteiger partial charge in [0.15, 0.2) is 0 Å². The van der Waals surface area contributed by atoms with Crippen LogP contribution in [0.3, 0.4) is 0 Å². The third-order valence-electron chi connectivity index (χ3n) is 7.86. The monoisotopic (exact) mass is 601 g/mol. The Morgan fingerprint density at radius 3 is 2.51 bits per heavy atom. The maximum Gasteiger partial charge on any atom is 0.271 e. The molecule has 8 nitrogen and oxygen atoms in total. The second-order valence-electron chi connectivity index (χ2n) is 11.7. The molecule has 2 heterocycles. The SMILES string of the molecule is CC1(C)CN(C(=O)c2cccs2)CC(=C(N)C(=O)Nc2cccc(C(=O)NC3CCCC3)c2)C1=NCc1ccc(F)cc1. The largest absolute Gasteiger partial charge is 0.394 e. The van der Waals surface area contributed by atoms with Gasteiger partial charge in [-0.15, -0.1) is 11.3 Å². The van der Waals surface area contributed by atoms with Gasteiger partial charge in [-0.25, -0.2) is 4.39 Å². The molecule has 10 heteroatoms. The van der Waals surface area contributed by atoms with E-state index in [4.69, 9.17) is 10.7 Å². The molecule has 0 atom stereocenters. The van der Waals surface area contributed by atoms with Crippen LogP contribution >= 0.6 is 11.3 Å². The molecule has 4 N–H and O–H groups in total. The average molecular weight is 602 g/mol. The zero-order chi connectivity index (χ0) is 30.6. The molecule has 1 saturated carbocycles. The van der Waals surface area contributed by atoms with Crippen molar-refractivity contribution in [3.8, 4) is 0 Å². The van der Waals surface area contributed by atoms with Crippen LogP contribution in [0.5, 0.6) is 0 Å². The number of nitrogens with zero attached hydrogens (tertiary/aromatic N) is 2. The standard InChI is InChI=1S/C33H36FN5O3S/c1-33(2)20-39(32(42)27-11-6-16-43-27)19-26(29(33)36-18-21-12-14-23(34)15-13-21)28(35)31(41)38-25-10-5-7-22(17-25)30(40)37-24-8-3-4-9-24/h5-7,10-17,24H,3-4,8-9,18-20,35H2,1-2H3,(H,37,40)(H,38,41). The second-order valence-corrected chi connectivity index (χ2v) is 12.6. The number of hydrogen-bond acceptors (Lipinski definition) is 6. The number of rotatable bonds is 7. The lowest BCUT2D eigenvalue weighted by molar-refractivity contribution is -0.113. The van der Waals surface area contributed by atoms with Crippen molar-refractivity contribution in [2.75, 3.05) is 18.4 Å². The van der Waals surface area contributed by atoms with Gasteiger partial charge in [0, 0.05) is 40.5 Å². The lowest BCUT2D eigenvalue weighted by Gasteiger charge is -2.41. The van der Waals surface area contributed by atoms with E-state index in [1.54, 1.807) is 47.4 Å². The predicted octanol–water partition coefficient (Wildman–Crippen LogP) is 5.53. The van der Waals surface area contributed by atoms with E-state index in [0.717, 1.165) is 31.2 Å². The third-order valence-corrected chi connectivity index (χ3v) is 8.71. The molecule has 1 aromatic heterocycles. The Morgan fingerprint density at radius 1 is 1.07 bits per heavy atom. The molecule has 2 aromatic carbocycles. The first-order valence-electron chi connectivity index (χ1n) is 14.4. The van der Waals surface area contributed by atoms with Gasteiger partial charge in [-0.2, -0.15) is 0 Å². The molecular weight excluding hydrogens is 565 g/mol. The lowest BCUT2D eigenvalue weighted by Crippen LogP contribution is -2.51. The Balaban J connectivity index is 1.43. The fraction of sp³-hybridized carbons (Fsp3) is 0.333. The lowest BCUT2D eigenvalue weighted by atomic mass is 9.78. The summed E-state index contributed by atoms with van der Waals surface area (Å²) >= 11 is 1.35. The Morgan fingerprint density at radius 2 is 1.81 bits per heavy atom. The van der Waals surface area contributed by atoms with Crippen LogP contribution in [0.4, 0.5) is 10.1 Å². The summed E-state index contributed by atoms with van der Waals surface area (Å²) in [7, 11) is 0. The first-order chi connectivity index (χ1) is 20.6. The van der Waals surface area contributed by atoms with Crippen molar-refractivity contribution in [3.63, 3.8) is 0 Å². The molecule has 0 spiro atoms. The molecule has 3 aromatic rings. The van der Waals surface area contributed by atoms with E-state index in [-0.39, 0.29) is 42.5 Å². The summed E-state index contributed by atoms with van der Waals surface area (Å²) < 4.78 is 13.5. The molecule has 224 valence electrons. The predicted molar refractivity (Wildman–Crippen MR) is 168 cm³/mol. The van der Waals surface area contributed by atoms with E-state index in [2.05, 4.69) is 10.6 Å². The highest BCUT2D eigenvalue weighted by atomic mass is 32.1. The van der Waals surface area contributed by atoms with Crippen LogP contribution in [0, 0.1) is 11.2 Å². The van der Waals surface area contributed by atoms with Crippen LogP contribution in [-0.4, -0.2) is 47.5 Å². The minimum absolute atomic E-state index is 0.0598. The molecule has 5 rings (SSSR count). The summed E-state index contributed by atoms with van der Waals surface area (Å²) in [6.07, 6.45) is 4.16. The number of amides is 3. The molecule has 2 fully saturated rings. The van der Waals surface area contributed by atoms with E-state index in [9.17, 15) is 18.8 Å². The highest BCUT2D eigenvalue weighted by Crippen LogP contribution is 2.33. The zero-order valence-corrected chi connectivity index (χ0v) is 25.2. The van der Waals surface area contributed by atoms with Gasteiger partial charge in [0.1, 0.15) is 11.5 Å². The van der Waals surface area contributed by atoms with Crippen molar-refractivity contribution in [1.29, 1.82) is 0 Å². The van der Waals surface area contributed by atoms with E-state index in [0.29, 0.717) is 34.0 Å². The normalized spacial score (nSPS) is 18.9. The number of anilines is 1. The topological polar surface area (TPSA) is 117 Å². The number of likely N-dealkylation sites (tertiary alicyclic amines) is 1. The summed E-state index contributed by atoms with van der Waals surface area (Å²) in [6, 6.07) is 16.6. The Labute approximate surface area is 254 Å². The smallest absolute Gasteiger partial charge is 0.271 e. The zero-order valence-electron chi connectivity index (χ0n) is 24.4. The van der Waals surface area contributed by atoms with Gasteiger partial charge < -0.3 is 21.3 Å². The van der Waals surface area contributed by atoms with Gasteiger partial charge >= 0.3 is 0 Å². The Bertz CT molecular complexity index is 1560. The maximum atomic E-state index is 13.6. The molecule has 0 bridgehead atoms. The van der Waals surface area contributed by atoms with Gasteiger partial charge in [-0.1, -0.05) is 51.0 Å². The molecule has 1 saturated heterocycles. The fourth-order valence-electron chi connectivity index (χ4n) is 5.68. The number of thiophene rings is 1. The van der Waals surface area contributed by atoms with Gasteiger partial charge in [-0.3, -0.25) is 19.4 Å². The van der Waals surface area contributed by atoms with Crippen LogP contribution in [0.15, 0.2) is 82.3 Å². The van der Waals surface area contributed by atoms with Crippen LogP contribution < -0.4 is 16.4 Å². The molecule has 0 radical (unpaired) electrons. The van der Waals surface area contributed by atoms with Crippen molar-refractivity contribution in [2.45, 2.75) is 52.1 Å². The van der Waals surface area contributed by atoms with E-state index >= 15 is 0 Å². The summed E-state index contributed by atoms with van der Waals surface area (Å²) in [6.45, 7) is 4.66. The molecule has 43 heavy (non-hydrogen) atoms. The van der Waals surface area contributed by atoms with Crippen molar-refractivity contribution >= 4 is 40.5 Å². The quantitative estimate of drug-likeness (QED) is 0.309. The van der Waals surface area contributed by atoms with Crippen LogP contribution in [-0.2, 0) is 11.3 Å². The molecule has 0 unspecified atom stereocenters. The van der Waals surface area contributed by atoms with Gasteiger partial charge in [0.05, 0.1) is 18.0 Å². The second kappa shape index (κ2) is 12.9. The van der Waals surface area contributed by atoms with Gasteiger partial charge in [0.25, 0.3) is 17.7 Å². The minimum atomic E-state index is -0.635. The van der Waals surface area contributed by atoms with Crippen molar-refractivity contribution in [2.24, 2.45) is 16.1 Å².